The van der Waals surface area contributed by atoms with Crippen LogP contribution in [0.15, 0.2) is 42.7 Å². The minimum atomic E-state index is -0.635. The molecule has 0 spiro atoms. The number of carbonyl (C=O) groups is 1. The van der Waals surface area contributed by atoms with Crippen molar-refractivity contribution in [1.29, 1.82) is 0 Å². The van der Waals surface area contributed by atoms with Gasteiger partial charge in [0.2, 0.25) is 0 Å². The summed E-state index contributed by atoms with van der Waals surface area (Å²) in [6.45, 7) is 0. The molecule has 1 atom stereocenters. The van der Waals surface area contributed by atoms with Crippen molar-refractivity contribution in [3.63, 3.8) is 0 Å². The number of methoxy groups -OCH3 is 1. The van der Waals surface area contributed by atoms with Crippen molar-refractivity contribution in [3.8, 4) is 0 Å². The molecule has 6 heteroatoms. The Morgan fingerprint density at radius 3 is 2.58 bits per heavy atom. The SMILES string of the molecule is COC(=O)C(Nc1cnc(N)cn1)c1ccccc1. The van der Waals surface area contributed by atoms with E-state index < -0.39 is 12.0 Å². The molecule has 0 amide bonds. The maximum Gasteiger partial charge on any atom is 0.333 e. The molecule has 98 valence electrons. The monoisotopic (exact) mass is 258 g/mol. The highest BCUT2D eigenvalue weighted by Crippen LogP contribution is 2.19. The Balaban J connectivity index is 2.24. The third kappa shape index (κ3) is 3.19. The predicted molar refractivity (Wildman–Crippen MR) is 71.3 cm³/mol. The van der Waals surface area contributed by atoms with Crippen molar-refractivity contribution in [2.45, 2.75) is 6.04 Å². The number of rotatable bonds is 4. The zero-order valence-electron chi connectivity index (χ0n) is 10.4. The van der Waals surface area contributed by atoms with Crippen molar-refractivity contribution in [3.05, 3.63) is 48.3 Å². The molecular formula is C13H14N4O2. The molecule has 6 nitrogen and oxygen atoms in total. The molecule has 0 radical (unpaired) electrons. The summed E-state index contributed by atoms with van der Waals surface area (Å²) in [4.78, 5) is 19.8. The molecule has 2 aromatic rings. The fourth-order valence-corrected chi connectivity index (χ4v) is 1.60. The van der Waals surface area contributed by atoms with Gasteiger partial charge in [0.15, 0.2) is 6.04 Å². The van der Waals surface area contributed by atoms with Gasteiger partial charge in [-0.15, -0.1) is 0 Å². The van der Waals surface area contributed by atoms with Gasteiger partial charge in [-0.05, 0) is 5.56 Å². The van der Waals surface area contributed by atoms with E-state index in [-0.39, 0.29) is 0 Å². The van der Waals surface area contributed by atoms with Crippen LogP contribution < -0.4 is 11.1 Å². The van der Waals surface area contributed by atoms with E-state index in [1.54, 1.807) is 0 Å². The average molecular weight is 258 g/mol. The minimum absolute atomic E-state index is 0.319. The maximum absolute atomic E-state index is 11.8. The van der Waals surface area contributed by atoms with Crippen LogP contribution in [-0.4, -0.2) is 23.0 Å². The lowest BCUT2D eigenvalue weighted by Crippen LogP contribution is -2.22. The van der Waals surface area contributed by atoms with E-state index in [1.807, 2.05) is 30.3 Å². The molecular weight excluding hydrogens is 244 g/mol. The van der Waals surface area contributed by atoms with Crippen LogP contribution in [0.25, 0.3) is 0 Å². The number of esters is 1. The quantitative estimate of drug-likeness (QED) is 0.805. The van der Waals surface area contributed by atoms with Crippen LogP contribution in [0.1, 0.15) is 11.6 Å². The zero-order valence-corrected chi connectivity index (χ0v) is 10.4. The number of hydrogen-bond acceptors (Lipinski definition) is 6. The molecule has 0 aliphatic heterocycles. The fourth-order valence-electron chi connectivity index (χ4n) is 1.60. The van der Waals surface area contributed by atoms with Crippen molar-refractivity contribution in [1.82, 2.24) is 9.97 Å². The first kappa shape index (κ1) is 12.8. The Kier molecular flexibility index (Phi) is 3.92. The number of nitrogen functional groups attached to an aromatic ring is 1. The summed E-state index contributed by atoms with van der Waals surface area (Å²) in [6, 6.07) is 8.60. The maximum atomic E-state index is 11.8. The summed E-state index contributed by atoms with van der Waals surface area (Å²) in [6.07, 6.45) is 2.88. The van der Waals surface area contributed by atoms with E-state index in [0.29, 0.717) is 11.6 Å². The Morgan fingerprint density at radius 1 is 1.26 bits per heavy atom. The van der Waals surface area contributed by atoms with E-state index in [0.717, 1.165) is 5.56 Å². The highest BCUT2D eigenvalue weighted by Gasteiger charge is 2.21. The van der Waals surface area contributed by atoms with Gasteiger partial charge in [-0.25, -0.2) is 14.8 Å². The van der Waals surface area contributed by atoms with Crippen LogP contribution in [0, 0.1) is 0 Å². The van der Waals surface area contributed by atoms with Gasteiger partial charge in [-0.1, -0.05) is 30.3 Å². The number of nitrogens with two attached hydrogens (primary N) is 1. The van der Waals surface area contributed by atoms with Crippen LogP contribution >= 0.6 is 0 Å². The van der Waals surface area contributed by atoms with Gasteiger partial charge in [0.1, 0.15) is 11.6 Å². The van der Waals surface area contributed by atoms with Crippen molar-refractivity contribution in [2.24, 2.45) is 0 Å². The lowest BCUT2D eigenvalue weighted by Gasteiger charge is -2.17. The summed E-state index contributed by atoms with van der Waals surface area (Å²) in [5, 5.41) is 2.97. The second-order valence-corrected chi connectivity index (χ2v) is 3.84. The Hall–Kier alpha value is -2.63. The normalized spacial score (nSPS) is 11.6. The average Bonchev–Trinajstić information content (AvgIpc) is 2.47. The van der Waals surface area contributed by atoms with Gasteiger partial charge in [0.05, 0.1) is 19.5 Å². The molecule has 0 saturated carbocycles. The third-order valence-corrected chi connectivity index (χ3v) is 2.53. The van der Waals surface area contributed by atoms with E-state index in [4.69, 9.17) is 10.5 Å². The molecule has 0 bridgehead atoms. The topological polar surface area (TPSA) is 90.1 Å². The summed E-state index contributed by atoms with van der Waals surface area (Å²) in [5.41, 5.74) is 6.25. The lowest BCUT2D eigenvalue weighted by molar-refractivity contribution is -0.141. The minimum Gasteiger partial charge on any atom is -0.467 e. The summed E-state index contributed by atoms with van der Waals surface area (Å²) in [5.74, 6) is 0.373. The number of aromatic nitrogens is 2. The molecule has 0 aliphatic carbocycles. The summed E-state index contributed by atoms with van der Waals surface area (Å²) in [7, 11) is 1.34. The molecule has 1 heterocycles. The first-order valence-electron chi connectivity index (χ1n) is 5.67. The number of nitrogens with one attached hydrogen (secondary N) is 1. The third-order valence-electron chi connectivity index (χ3n) is 2.53. The molecule has 0 saturated heterocycles. The van der Waals surface area contributed by atoms with Gasteiger partial charge in [0, 0.05) is 0 Å². The van der Waals surface area contributed by atoms with Crippen molar-refractivity contribution >= 4 is 17.6 Å². The highest BCUT2D eigenvalue weighted by molar-refractivity contribution is 5.80. The molecule has 1 unspecified atom stereocenters. The van der Waals surface area contributed by atoms with Gasteiger partial charge in [0.25, 0.3) is 0 Å². The van der Waals surface area contributed by atoms with Gasteiger partial charge >= 0.3 is 5.97 Å². The van der Waals surface area contributed by atoms with E-state index in [2.05, 4.69) is 15.3 Å². The number of nitrogens with zero attached hydrogens (tertiary/aromatic N) is 2. The Labute approximate surface area is 110 Å². The number of benzene rings is 1. The second kappa shape index (κ2) is 5.81. The van der Waals surface area contributed by atoms with Crippen molar-refractivity contribution < 1.29 is 9.53 Å². The number of carbonyl (C=O) groups excluding carboxylic acids is 1. The van der Waals surface area contributed by atoms with Crippen LogP contribution in [-0.2, 0) is 9.53 Å². The molecule has 3 N–H and O–H groups in total. The molecule has 2 rings (SSSR count). The first-order chi connectivity index (χ1) is 9.20. The smallest absolute Gasteiger partial charge is 0.333 e. The Morgan fingerprint density at radius 2 is 2.00 bits per heavy atom. The van der Waals surface area contributed by atoms with E-state index in [9.17, 15) is 4.79 Å². The largest absolute Gasteiger partial charge is 0.467 e. The summed E-state index contributed by atoms with van der Waals surface area (Å²) < 4.78 is 4.79. The van der Waals surface area contributed by atoms with Crippen LogP contribution in [0.5, 0.6) is 0 Å². The highest BCUT2D eigenvalue weighted by atomic mass is 16.5. The summed E-state index contributed by atoms with van der Waals surface area (Å²) >= 11 is 0. The van der Waals surface area contributed by atoms with Gasteiger partial charge in [-0.2, -0.15) is 0 Å². The fraction of sp³-hybridized carbons (Fsp3) is 0.154. The number of hydrogen-bond donors (Lipinski definition) is 2. The van der Waals surface area contributed by atoms with E-state index in [1.165, 1.54) is 19.5 Å². The van der Waals surface area contributed by atoms with Crippen LogP contribution in [0.4, 0.5) is 11.6 Å². The first-order valence-corrected chi connectivity index (χ1v) is 5.67. The van der Waals surface area contributed by atoms with Gasteiger partial charge < -0.3 is 15.8 Å². The molecule has 0 fully saturated rings. The lowest BCUT2D eigenvalue weighted by atomic mass is 10.1. The van der Waals surface area contributed by atoms with Gasteiger partial charge in [-0.3, -0.25) is 0 Å². The van der Waals surface area contributed by atoms with E-state index >= 15 is 0 Å². The predicted octanol–water partition coefficient (Wildman–Crippen LogP) is 1.38. The molecule has 1 aromatic carbocycles. The Bertz CT molecular complexity index is 542. The number of ether oxygens (including phenoxy) is 1. The van der Waals surface area contributed by atoms with Crippen LogP contribution in [0.3, 0.4) is 0 Å². The standard InChI is InChI=1S/C13H14N4O2/c1-19-13(18)12(9-5-3-2-4-6-9)17-11-8-15-10(14)7-16-11/h2-8,12H,1H3,(H2,14,15)(H,16,17). The second-order valence-electron chi connectivity index (χ2n) is 3.84. The number of anilines is 2. The molecule has 0 aliphatic rings. The molecule has 19 heavy (non-hydrogen) atoms. The zero-order chi connectivity index (χ0) is 13.7. The molecule has 1 aromatic heterocycles. The van der Waals surface area contributed by atoms with Crippen molar-refractivity contribution in [2.75, 3.05) is 18.2 Å². The van der Waals surface area contributed by atoms with Crippen LogP contribution in [0.2, 0.25) is 0 Å².